The molecular weight excluding hydrogens is 441 g/mol. The molecule has 1 N–H and O–H groups in total. The van der Waals surface area contributed by atoms with Gasteiger partial charge in [0, 0.05) is 0 Å². The molecule has 29 heavy (non-hydrogen) atoms. The van der Waals surface area contributed by atoms with Crippen LogP contribution in [-0.4, -0.2) is 35.4 Å². The molecule has 2 aromatic carbocycles. The topological polar surface area (TPSA) is 82.5 Å². The molecule has 7 nitrogen and oxygen atoms in total. The highest BCUT2D eigenvalue weighted by Gasteiger charge is 2.21. The normalized spacial score (nSPS) is 10.5. The highest BCUT2D eigenvalue weighted by molar-refractivity contribution is 6.44. The Labute approximate surface area is 181 Å². The van der Waals surface area contributed by atoms with E-state index < -0.39 is 18.5 Å². The average Bonchev–Trinajstić information content (AvgIpc) is 3.15. The third-order valence-corrected chi connectivity index (χ3v) is 4.77. The van der Waals surface area contributed by atoms with Crippen molar-refractivity contribution in [3.63, 3.8) is 0 Å². The number of para-hydroxylation sites is 1. The Bertz CT molecular complexity index is 1050. The first-order chi connectivity index (χ1) is 13.9. The van der Waals surface area contributed by atoms with Crippen molar-refractivity contribution in [3.05, 3.63) is 69.4 Å². The van der Waals surface area contributed by atoms with E-state index in [9.17, 15) is 9.59 Å². The first kappa shape index (κ1) is 21.0. The predicted molar refractivity (Wildman–Crippen MR) is 111 cm³/mol. The molecule has 0 aliphatic heterocycles. The molecule has 1 aromatic heterocycles. The van der Waals surface area contributed by atoms with Crippen LogP contribution in [0.15, 0.2) is 48.7 Å². The lowest BCUT2D eigenvalue weighted by Crippen LogP contribution is -2.21. The van der Waals surface area contributed by atoms with Gasteiger partial charge < -0.3 is 14.8 Å². The van der Waals surface area contributed by atoms with Gasteiger partial charge in [-0.15, -0.1) is 0 Å². The van der Waals surface area contributed by atoms with E-state index in [0.717, 1.165) is 5.69 Å². The molecule has 0 unspecified atom stereocenters. The van der Waals surface area contributed by atoms with E-state index in [1.54, 1.807) is 6.20 Å². The number of rotatable bonds is 6. The minimum absolute atomic E-state index is 0.0586. The van der Waals surface area contributed by atoms with E-state index in [1.807, 2.05) is 30.3 Å². The Morgan fingerprint density at radius 2 is 1.76 bits per heavy atom. The second kappa shape index (κ2) is 9.17. The largest absolute Gasteiger partial charge is 0.493 e. The van der Waals surface area contributed by atoms with Crippen molar-refractivity contribution in [2.24, 2.45) is 0 Å². The van der Waals surface area contributed by atoms with Gasteiger partial charge in [-0.05, 0) is 24.3 Å². The molecule has 10 heteroatoms. The molecule has 0 aliphatic carbocycles. The summed E-state index contributed by atoms with van der Waals surface area (Å²) in [5.41, 5.74) is 0.918. The van der Waals surface area contributed by atoms with Crippen molar-refractivity contribution in [1.82, 2.24) is 9.78 Å². The van der Waals surface area contributed by atoms with Crippen LogP contribution in [0.4, 0.5) is 5.69 Å². The lowest BCUT2D eigenvalue weighted by Gasteiger charge is -2.09. The Balaban J connectivity index is 1.67. The number of aromatic nitrogens is 2. The maximum Gasteiger partial charge on any atom is 0.363 e. The summed E-state index contributed by atoms with van der Waals surface area (Å²) in [4.78, 5) is 24.5. The monoisotopic (exact) mass is 453 g/mol. The van der Waals surface area contributed by atoms with Gasteiger partial charge in [0.05, 0.1) is 39.7 Å². The molecule has 0 atom stereocenters. The van der Waals surface area contributed by atoms with Gasteiger partial charge in [-0.25, -0.2) is 9.48 Å². The summed E-state index contributed by atoms with van der Waals surface area (Å²) in [5.74, 6) is -1.21. The van der Waals surface area contributed by atoms with Crippen LogP contribution in [0.1, 0.15) is 10.5 Å². The smallest absolute Gasteiger partial charge is 0.363 e. The van der Waals surface area contributed by atoms with Crippen LogP contribution in [-0.2, 0) is 9.53 Å². The number of ether oxygens (including phenoxy) is 2. The Morgan fingerprint density at radius 1 is 1.07 bits per heavy atom. The standard InChI is InChI=1S/C19H14Cl3N3O4/c1-28-16-9-25(11-5-3-2-4-6-11)24-18(16)19(27)29-10-17(26)23-15-8-13(21)12(20)7-14(15)22/h2-9H,10H2,1H3,(H,23,26). The zero-order valence-corrected chi connectivity index (χ0v) is 17.3. The summed E-state index contributed by atoms with van der Waals surface area (Å²) in [6.45, 7) is -0.559. The number of methoxy groups -OCH3 is 1. The minimum atomic E-state index is -0.813. The van der Waals surface area contributed by atoms with Crippen LogP contribution in [0, 0.1) is 0 Å². The zero-order valence-electron chi connectivity index (χ0n) is 15.0. The Hall–Kier alpha value is -2.74. The molecule has 0 saturated heterocycles. The van der Waals surface area contributed by atoms with Crippen molar-refractivity contribution in [3.8, 4) is 11.4 Å². The summed E-state index contributed by atoms with van der Waals surface area (Å²) < 4.78 is 11.7. The van der Waals surface area contributed by atoms with Crippen molar-refractivity contribution >= 4 is 52.4 Å². The molecule has 0 saturated carbocycles. The second-order valence-corrected chi connectivity index (χ2v) is 6.92. The highest BCUT2D eigenvalue weighted by Crippen LogP contribution is 2.32. The van der Waals surface area contributed by atoms with E-state index in [1.165, 1.54) is 23.9 Å². The Morgan fingerprint density at radius 3 is 2.45 bits per heavy atom. The SMILES string of the molecule is COc1cn(-c2ccccc2)nc1C(=O)OCC(=O)Nc1cc(Cl)c(Cl)cc1Cl. The molecule has 1 amide bonds. The first-order valence-corrected chi connectivity index (χ1v) is 9.33. The maximum absolute atomic E-state index is 12.4. The van der Waals surface area contributed by atoms with Gasteiger partial charge >= 0.3 is 5.97 Å². The maximum atomic E-state index is 12.4. The fourth-order valence-electron chi connectivity index (χ4n) is 2.37. The number of nitrogens with zero attached hydrogens (tertiary/aromatic N) is 2. The third kappa shape index (κ3) is 5.00. The molecule has 3 aromatic rings. The molecule has 1 heterocycles. The number of halogens is 3. The Kier molecular flexibility index (Phi) is 6.64. The van der Waals surface area contributed by atoms with Crippen LogP contribution >= 0.6 is 34.8 Å². The molecule has 0 aliphatic rings. The molecule has 3 rings (SSSR count). The number of amides is 1. The van der Waals surface area contributed by atoms with Crippen molar-refractivity contribution in [2.45, 2.75) is 0 Å². The summed E-state index contributed by atoms with van der Waals surface area (Å²) in [6, 6.07) is 12.0. The molecule has 0 spiro atoms. The van der Waals surface area contributed by atoms with Gasteiger partial charge in [0.2, 0.25) is 5.69 Å². The lowest BCUT2D eigenvalue weighted by atomic mass is 10.3. The van der Waals surface area contributed by atoms with Gasteiger partial charge in [-0.2, -0.15) is 5.10 Å². The molecule has 0 radical (unpaired) electrons. The van der Waals surface area contributed by atoms with Crippen LogP contribution in [0.3, 0.4) is 0 Å². The zero-order chi connectivity index (χ0) is 21.0. The van der Waals surface area contributed by atoms with Gasteiger partial charge in [0.1, 0.15) is 0 Å². The number of carbonyl (C=O) groups excluding carboxylic acids is 2. The third-order valence-electron chi connectivity index (χ3n) is 3.73. The van der Waals surface area contributed by atoms with Crippen LogP contribution in [0.5, 0.6) is 5.75 Å². The molecule has 0 fully saturated rings. The lowest BCUT2D eigenvalue weighted by molar-refractivity contribution is -0.119. The first-order valence-electron chi connectivity index (χ1n) is 8.19. The molecule has 0 bridgehead atoms. The predicted octanol–water partition coefficient (Wildman–Crippen LogP) is 4.64. The van der Waals surface area contributed by atoms with Gasteiger partial charge in [0.25, 0.3) is 5.91 Å². The van der Waals surface area contributed by atoms with Crippen molar-refractivity contribution in [2.75, 3.05) is 19.0 Å². The van der Waals surface area contributed by atoms with E-state index in [4.69, 9.17) is 44.3 Å². The number of carbonyl (C=O) groups is 2. The number of hydrogen-bond acceptors (Lipinski definition) is 5. The van der Waals surface area contributed by atoms with Crippen molar-refractivity contribution in [1.29, 1.82) is 0 Å². The number of benzene rings is 2. The summed E-state index contributed by atoms with van der Waals surface area (Å²) in [5, 5.41) is 7.35. The molecule has 150 valence electrons. The van der Waals surface area contributed by atoms with Gasteiger partial charge in [-0.1, -0.05) is 53.0 Å². The van der Waals surface area contributed by atoms with Crippen LogP contribution < -0.4 is 10.1 Å². The fraction of sp³-hybridized carbons (Fsp3) is 0.105. The van der Waals surface area contributed by atoms with E-state index in [-0.39, 0.29) is 32.2 Å². The van der Waals surface area contributed by atoms with E-state index >= 15 is 0 Å². The highest BCUT2D eigenvalue weighted by atomic mass is 35.5. The van der Waals surface area contributed by atoms with Gasteiger partial charge in [0.15, 0.2) is 12.4 Å². The second-order valence-electron chi connectivity index (χ2n) is 5.70. The van der Waals surface area contributed by atoms with E-state index in [2.05, 4.69) is 10.4 Å². The summed E-state index contributed by atoms with van der Waals surface area (Å²) in [7, 11) is 1.40. The average molecular weight is 455 g/mol. The molecular formula is C19H14Cl3N3O4. The summed E-state index contributed by atoms with van der Waals surface area (Å²) in [6.07, 6.45) is 1.54. The number of nitrogens with one attached hydrogen (secondary N) is 1. The number of anilines is 1. The quantitative estimate of drug-likeness (QED) is 0.433. The van der Waals surface area contributed by atoms with Crippen molar-refractivity contribution < 1.29 is 19.1 Å². The van der Waals surface area contributed by atoms with Crippen LogP contribution in [0.25, 0.3) is 5.69 Å². The van der Waals surface area contributed by atoms with E-state index in [0.29, 0.717) is 0 Å². The fourth-order valence-corrected chi connectivity index (χ4v) is 2.96. The summed E-state index contributed by atoms with van der Waals surface area (Å²) >= 11 is 17.8. The van der Waals surface area contributed by atoms with Crippen LogP contribution in [0.2, 0.25) is 15.1 Å². The number of esters is 1. The van der Waals surface area contributed by atoms with Gasteiger partial charge in [-0.3, -0.25) is 4.79 Å². The minimum Gasteiger partial charge on any atom is -0.493 e. The number of hydrogen-bond donors (Lipinski definition) is 1.